The second-order valence-corrected chi connectivity index (χ2v) is 5.37. The molecule has 0 aliphatic rings. The van der Waals surface area contributed by atoms with Crippen LogP contribution >= 0.6 is 0 Å². The molecule has 0 fully saturated rings. The molecule has 0 bridgehead atoms. The van der Waals surface area contributed by atoms with Gasteiger partial charge in [0.1, 0.15) is 11.6 Å². The number of methoxy groups -OCH3 is 1. The third-order valence-electron chi connectivity index (χ3n) is 3.78. The number of Topliss-reactive ketones (excluding diaryl/α,β-unsaturated/α-hetero) is 1. The first-order chi connectivity index (χ1) is 11.5. The largest absolute Gasteiger partial charge is 0.496 e. The van der Waals surface area contributed by atoms with Crippen LogP contribution in [0, 0.1) is 5.82 Å². The number of nitrogens with zero attached hydrogens (tertiary/aromatic N) is 1. The molecule has 0 N–H and O–H groups in total. The number of rotatable bonds is 6. The van der Waals surface area contributed by atoms with Gasteiger partial charge in [-0.2, -0.15) is 0 Å². The molecule has 0 atom stereocenters. The number of hydrogen-bond acceptors (Lipinski definition) is 3. The first-order valence-electron chi connectivity index (χ1n) is 7.70. The number of carbonyl (C=O) groups is 2. The molecule has 2 aromatic carbocycles. The van der Waals surface area contributed by atoms with E-state index in [2.05, 4.69) is 0 Å². The molecule has 0 unspecified atom stereocenters. The van der Waals surface area contributed by atoms with Gasteiger partial charge in [-0.1, -0.05) is 0 Å². The van der Waals surface area contributed by atoms with Gasteiger partial charge in [-0.05, 0) is 56.3 Å². The normalized spacial score (nSPS) is 10.3. The van der Waals surface area contributed by atoms with Gasteiger partial charge in [-0.3, -0.25) is 9.59 Å². The number of carbonyl (C=O) groups excluding carboxylic acids is 2. The zero-order chi connectivity index (χ0) is 17.7. The lowest BCUT2D eigenvalue weighted by atomic mass is 10.0. The van der Waals surface area contributed by atoms with Gasteiger partial charge in [-0.25, -0.2) is 4.39 Å². The van der Waals surface area contributed by atoms with Crippen LogP contribution in [-0.4, -0.2) is 25.3 Å². The standard InChI is InChI=1S/C19H20FNO3/c1-4-21(17-8-6-16(20)7-9-17)19(23)12-15-11-14(13(2)22)5-10-18(15)24-3/h5-11H,4,12H2,1-3H3. The molecule has 5 heteroatoms. The summed E-state index contributed by atoms with van der Waals surface area (Å²) in [7, 11) is 1.52. The minimum atomic E-state index is -0.349. The fourth-order valence-electron chi connectivity index (χ4n) is 2.52. The van der Waals surface area contributed by atoms with Crippen molar-refractivity contribution in [2.45, 2.75) is 20.3 Å². The van der Waals surface area contributed by atoms with E-state index in [4.69, 9.17) is 4.74 Å². The molecular formula is C19H20FNO3. The summed E-state index contributed by atoms with van der Waals surface area (Å²) in [5.74, 6) is -0.0121. The van der Waals surface area contributed by atoms with Gasteiger partial charge >= 0.3 is 0 Å². The average Bonchev–Trinajstić information content (AvgIpc) is 2.57. The van der Waals surface area contributed by atoms with E-state index < -0.39 is 0 Å². The van der Waals surface area contributed by atoms with Crippen LogP contribution in [0.3, 0.4) is 0 Å². The van der Waals surface area contributed by atoms with Crippen LogP contribution in [-0.2, 0) is 11.2 Å². The quantitative estimate of drug-likeness (QED) is 0.760. The lowest BCUT2D eigenvalue weighted by Crippen LogP contribution is -2.32. The highest BCUT2D eigenvalue weighted by Crippen LogP contribution is 2.23. The summed E-state index contributed by atoms with van der Waals surface area (Å²) < 4.78 is 18.4. The number of halogens is 1. The van der Waals surface area contributed by atoms with Crippen molar-refractivity contribution >= 4 is 17.4 Å². The Hall–Kier alpha value is -2.69. The molecule has 0 aliphatic heterocycles. The van der Waals surface area contributed by atoms with Crippen molar-refractivity contribution in [2.75, 3.05) is 18.6 Å². The van der Waals surface area contributed by atoms with Crippen molar-refractivity contribution in [3.63, 3.8) is 0 Å². The SMILES string of the molecule is CCN(C(=O)Cc1cc(C(C)=O)ccc1OC)c1ccc(F)cc1. The van der Waals surface area contributed by atoms with Crippen LogP contribution in [0.5, 0.6) is 5.75 Å². The van der Waals surface area contributed by atoms with Gasteiger partial charge in [0.05, 0.1) is 13.5 Å². The molecule has 2 aromatic rings. The summed E-state index contributed by atoms with van der Waals surface area (Å²) in [6.07, 6.45) is 0.0928. The minimum Gasteiger partial charge on any atom is -0.496 e. The molecule has 4 nitrogen and oxygen atoms in total. The topological polar surface area (TPSA) is 46.6 Å². The zero-order valence-corrected chi connectivity index (χ0v) is 14.0. The Morgan fingerprint density at radius 1 is 1.12 bits per heavy atom. The van der Waals surface area contributed by atoms with Crippen molar-refractivity contribution in [1.82, 2.24) is 0 Å². The maximum atomic E-state index is 13.1. The predicted octanol–water partition coefficient (Wildman–Crippen LogP) is 3.63. The van der Waals surface area contributed by atoms with E-state index in [1.165, 1.54) is 26.2 Å². The Morgan fingerprint density at radius 3 is 2.33 bits per heavy atom. The number of hydrogen-bond donors (Lipinski definition) is 0. The second-order valence-electron chi connectivity index (χ2n) is 5.37. The highest BCUT2D eigenvalue weighted by molar-refractivity contribution is 5.97. The molecule has 126 valence electrons. The summed E-state index contributed by atoms with van der Waals surface area (Å²) >= 11 is 0. The van der Waals surface area contributed by atoms with Crippen molar-refractivity contribution in [2.24, 2.45) is 0 Å². The number of anilines is 1. The van der Waals surface area contributed by atoms with Gasteiger partial charge in [0.2, 0.25) is 5.91 Å². The third kappa shape index (κ3) is 3.98. The number of likely N-dealkylation sites (N-methyl/N-ethyl adjacent to an activating group) is 1. The zero-order valence-electron chi connectivity index (χ0n) is 14.0. The lowest BCUT2D eigenvalue weighted by molar-refractivity contribution is -0.118. The second kappa shape index (κ2) is 7.73. The van der Waals surface area contributed by atoms with Gasteiger partial charge in [0.15, 0.2) is 5.78 Å². The first kappa shape index (κ1) is 17.7. The molecule has 1 amide bonds. The van der Waals surface area contributed by atoms with Crippen molar-refractivity contribution in [3.05, 3.63) is 59.4 Å². The Balaban J connectivity index is 2.28. The number of amides is 1. The van der Waals surface area contributed by atoms with E-state index in [9.17, 15) is 14.0 Å². The van der Waals surface area contributed by atoms with E-state index in [0.29, 0.717) is 29.1 Å². The maximum Gasteiger partial charge on any atom is 0.231 e. The molecule has 0 heterocycles. The molecule has 0 saturated carbocycles. The van der Waals surface area contributed by atoms with E-state index >= 15 is 0 Å². The first-order valence-corrected chi connectivity index (χ1v) is 7.70. The number of benzene rings is 2. The van der Waals surface area contributed by atoms with Crippen LogP contribution in [0.15, 0.2) is 42.5 Å². The van der Waals surface area contributed by atoms with E-state index in [0.717, 1.165) is 0 Å². The third-order valence-corrected chi connectivity index (χ3v) is 3.78. The highest BCUT2D eigenvalue weighted by atomic mass is 19.1. The van der Waals surface area contributed by atoms with Crippen LogP contribution < -0.4 is 9.64 Å². The summed E-state index contributed by atoms with van der Waals surface area (Å²) in [5, 5.41) is 0. The van der Waals surface area contributed by atoms with Crippen LogP contribution in [0.4, 0.5) is 10.1 Å². The molecule has 0 spiro atoms. The van der Waals surface area contributed by atoms with E-state index in [1.807, 2.05) is 6.92 Å². The Morgan fingerprint density at radius 2 is 1.79 bits per heavy atom. The number of ketones is 1. The highest BCUT2D eigenvalue weighted by Gasteiger charge is 2.17. The van der Waals surface area contributed by atoms with Crippen molar-refractivity contribution in [3.8, 4) is 5.75 Å². The Bertz CT molecular complexity index is 741. The van der Waals surface area contributed by atoms with Gasteiger partial charge in [0.25, 0.3) is 0 Å². The Labute approximate surface area is 140 Å². The molecule has 2 rings (SSSR count). The average molecular weight is 329 g/mol. The molecule has 0 radical (unpaired) electrons. The lowest BCUT2D eigenvalue weighted by Gasteiger charge is -2.22. The van der Waals surface area contributed by atoms with Crippen LogP contribution in [0.2, 0.25) is 0 Å². The van der Waals surface area contributed by atoms with E-state index in [-0.39, 0.29) is 23.9 Å². The molecule has 24 heavy (non-hydrogen) atoms. The summed E-state index contributed by atoms with van der Waals surface area (Å²) in [4.78, 5) is 25.8. The molecule has 0 aliphatic carbocycles. The fraction of sp³-hybridized carbons (Fsp3) is 0.263. The number of ether oxygens (including phenoxy) is 1. The van der Waals surface area contributed by atoms with Crippen LogP contribution in [0.25, 0.3) is 0 Å². The van der Waals surface area contributed by atoms with Crippen LogP contribution in [0.1, 0.15) is 29.8 Å². The smallest absolute Gasteiger partial charge is 0.231 e. The summed E-state index contributed by atoms with van der Waals surface area (Å²) in [6, 6.07) is 10.8. The molecule has 0 saturated heterocycles. The molecule has 0 aromatic heterocycles. The van der Waals surface area contributed by atoms with Crippen molar-refractivity contribution in [1.29, 1.82) is 0 Å². The van der Waals surface area contributed by atoms with E-state index in [1.54, 1.807) is 35.2 Å². The fourth-order valence-corrected chi connectivity index (χ4v) is 2.52. The minimum absolute atomic E-state index is 0.0720. The van der Waals surface area contributed by atoms with Crippen molar-refractivity contribution < 1.29 is 18.7 Å². The maximum absolute atomic E-state index is 13.1. The monoisotopic (exact) mass is 329 g/mol. The van der Waals surface area contributed by atoms with Gasteiger partial charge in [-0.15, -0.1) is 0 Å². The summed E-state index contributed by atoms with van der Waals surface area (Å²) in [5.41, 5.74) is 1.81. The Kier molecular flexibility index (Phi) is 5.68. The van der Waals surface area contributed by atoms with Gasteiger partial charge in [0, 0.05) is 23.4 Å². The van der Waals surface area contributed by atoms with Gasteiger partial charge < -0.3 is 9.64 Å². The summed E-state index contributed by atoms with van der Waals surface area (Å²) in [6.45, 7) is 3.79. The predicted molar refractivity (Wildman–Crippen MR) is 91.1 cm³/mol. The molecular weight excluding hydrogens is 309 g/mol.